The van der Waals surface area contributed by atoms with Gasteiger partial charge in [-0.2, -0.15) is 0 Å². The molecule has 2 aromatic carbocycles. The third-order valence-electron chi connectivity index (χ3n) is 5.90. The second kappa shape index (κ2) is 9.52. The maximum Gasteiger partial charge on any atom is 0.338 e. The molecule has 34 heavy (non-hydrogen) atoms. The third-order valence-corrected chi connectivity index (χ3v) is 6.40. The minimum Gasteiger partial charge on any atom is -0.466 e. The first-order chi connectivity index (χ1) is 16.3. The van der Waals surface area contributed by atoms with Gasteiger partial charge >= 0.3 is 11.9 Å². The van der Waals surface area contributed by atoms with E-state index in [4.69, 9.17) is 32.7 Å². The summed E-state index contributed by atoms with van der Waals surface area (Å²) in [7, 11) is 2.66. The third kappa shape index (κ3) is 4.17. The topological polar surface area (TPSA) is 80.2 Å². The van der Waals surface area contributed by atoms with E-state index < -0.39 is 24.0 Å². The van der Waals surface area contributed by atoms with Gasteiger partial charge < -0.3 is 19.7 Å². The van der Waals surface area contributed by atoms with Gasteiger partial charge in [-0.3, -0.25) is 0 Å². The number of hydrogen-bond acceptors (Lipinski definition) is 7. The molecular weight excluding hydrogens is 477 g/mol. The first kappa shape index (κ1) is 23.9. The Kier molecular flexibility index (Phi) is 6.68. The highest BCUT2D eigenvalue weighted by Crippen LogP contribution is 2.46. The Balaban J connectivity index is 2.01. The Morgan fingerprint density at radius 1 is 0.824 bits per heavy atom. The number of esters is 2. The number of methoxy groups -OCH3 is 2. The van der Waals surface area contributed by atoms with Crippen LogP contribution in [0, 0.1) is 0 Å². The largest absolute Gasteiger partial charge is 0.466 e. The van der Waals surface area contributed by atoms with Gasteiger partial charge in [0.25, 0.3) is 0 Å². The summed E-state index contributed by atoms with van der Waals surface area (Å²) < 4.78 is 10.3. The van der Waals surface area contributed by atoms with Crippen LogP contribution in [0.2, 0.25) is 10.0 Å². The van der Waals surface area contributed by atoms with Crippen molar-refractivity contribution >= 4 is 41.1 Å². The molecule has 4 rings (SSSR count). The van der Waals surface area contributed by atoms with Crippen molar-refractivity contribution in [2.24, 2.45) is 4.99 Å². The van der Waals surface area contributed by atoms with Crippen molar-refractivity contribution in [1.82, 2.24) is 10.2 Å². The number of carbonyl (C=O) groups is 2. The Morgan fingerprint density at radius 3 is 1.74 bits per heavy atom. The van der Waals surface area contributed by atoms with E-state index >= 15 is 0 Å². The first-order valence-corrected chi connectivity index (χ1v) is 11.3. The average Bonchev–Trinajstić information content (AvgIpc) is 2.82. The van der Waals surface area contributed by atoms with E-state index in [2.05, 4.69) is 10.3 Å². The fourth-order valence-electron chi connectivity index (χ4n) is 4.37. The van der Waals surface area contributed by atoms with E-state index in [0.717, 1.165) is 11.1 Å². The SMILES string of the molecule is COC(=O)C1=C(C)N=C2NC(C)=C(C(=O)OC)C(c3ccc(Cl)cc3)N2C1c1ccc(Cl)cc1. The summed E-state index contributed by atoms with van der Waals surface area (Å²) in [5.74, 6) is -0.513. The molecule has 0 aromatic heterocycles. The monoisotopic (exact) mass is 499 g/mol. The van der Waals surface area contributed by atoms with Crippen LogP contribution in [0.15, 0.2) is 76.1 Å². The summed E-state index contributed by atoms with van der Waals surface area (Å²) in [4.78, 5) is 32.6. The molecule has 2 aliphatic heterocycles. The lowest BCUT2D eigenvalue weighted by Crippen LogP contribution is -2.53. The van der Waals surface area contributed by atoms with Gasteiger partial charge in [-0.1, -0.05) is 47.5 Å². The summed E-state index contributed by atoms with van der Waals surface area (Å²) >= 11 is 12.3. The molecule has 2 aliphatic rings. The van der Waals surface area contributed by atoms with Crippen LogP contribution in [0.1, 0.15) is 37.1 Å². The van der Waals surface area contributed by atoms with Gasteiger partial charge in [0.05, 0.1) is 43.1 Å². The molecular formula is C25H23Cl2N3O4. The molecule has 2 unspecified atom stereocenters. The van der Waals surface area contributed by atoms with Crippen molar-refractivity contribution in [3.63, 3.8) is 0 Å². The van der Waals surface area contributed by atoms with Crippen molar-refractivity contribution in [1.29, 1.82) is 0 Å². The maximum atomic E-state index is 13.0. The summed E-state index contributed by atoms with van der Waals surface area (Å²) in [6.07, 6.45) is 0. The number of ether oxygens (including phenoxy) is 2. The normalized spacial score (nSPS) is 19.8. The van der Waals surface area contributed by atoms with E-state index in [1.807, 2.05) is 29.2 Å². The van der Waals surface area contributed by atoms with E-state index in [0.29, 0.717) is 38.5 Å². The lowest BCUT2D eigenvalue weighted by molar-refractivity contribution is -0.137. The molecule has 0 spiro atoms. The van der Waals surface area contributed by atoms with Crippen LogP contribution >= 0.6 is 23.2 Å². The molecule has 0 saturated heterocycles. The zero-order chi connectivity index (χ0) is 24.6. The molecule has 0 radical (unpaired) electrons. The second-order valence-electron chi connectivity index (χ2n) is 7.90. The minimum absolute atomic E-state index is 0.359. The highest BCUT2D eigenvalue weighted by Gasteiger charge is 2.46. The first-order valence-electron chi connectivity index (χ1n) is 10.5. The van der Waals surface area contributed by atoms with Gasteiger partial charge in [-0.25, -0.2) is 14.6 Å². The number of hydrogen-bond donors (Lipinski definition) is 1. The molecule has 7 nitrogen and oxygen atoms in total. The Bertz CT molecular complexity index is 1230. The molecule has 0 amide bonds. The number of allylic oxidation sites excluding steroid dienone is 2. The number of rotatable bonds is 4. The summed E-state index contributed by atoms with van der Waals surface area (Å²) in [6.45, 7) is 3.55. The van der Waals surface area contributed by atoms with Crippen LogP contribution in [0.3, 0.4) is 0 Å². The van der Waals surface area contributed by atoms with E-state index in [1.54, 1.807) is 38.1 Å². The molecule has 0 saturated carbocycles. The van der Waals surface area contributed by atoms with Crippen LogP contribution in [-0.2, 0) is 19.1 Å². The Hall–Kier alpha value is -3.29. The number of guanidine groups is 1. The zero-order valence-electron chi connectivity index (χ0n) is 19.1. The van der Waals surface area contributed by atoms with Gasteiger partial charge in [0.15, 0.2) is 0 Å². The molecule has 176 valence electrons. The summed E-state index contributed by atoms with van der Waals surface area (Å²) in [6, 6.07) is 13.1. The molecule has 2 aromatic rings. The van der Waals surface area contributed by atoms with Crippen molar-refractivity contribution < 1.29 is 19.1 Å². The highest BCUT2D eigenvalue weighted by atomic mass is 35.5. The lowest BCUT2D eigenvalue weighted by atomic mass is 9.87. The van der Waals surface area contributed by atoms with Gasteiger partial charge in [0.1, 0.15) is 0 Å². The molecule has 0 aliphatic carbocycles. The zero-order valence-corrected chi connectivity index (χ0v) is 20.6. The second-order valence-corrected chi connectivity index (χ2v) is 8.77. The molecule has 9 heteroatoms. The quantitative estimate of drug-likeness (QED) is 0.599. The number of halogens is 2. The fourth-order valence-corrected chi connectivity index (χ4v) is 4.62. The molecule has 0 fully saturated rings. The number of nitrogens with zero attached hydrogens (tertiary/aromatic N) is 2. The highest BCUT2D eigenvalue weighted by molar-refractivity contribution is 6.30. The standard InChI is InChI=1S/C25H23Cl2N3O4/c1-13-19(23(31)33-3)21(15-5-9-17(26)10-6-15)30-22(16-7-11-18(27)12-8-16)20(24(32)34-4)14(2)29-25(30)28-13/h5-12,21-22H,1-4H3,(H,28,29). The van der Waals surface area contributed by atoms with Gasteiger partial charge in [0.2, 0.25) is 5.96 Å². The number of nitrogens with one attached hydrogen (secondary N) is 1. The van der Waals surface area contributed by atoms with Crippen molar-refractivity contribution in [3.05, 3.63) is 92.2 Å². The maximum absolute atomic E-state index is 13.0. The average molecular weight is 500 g/mol. The molecule has 2 atom stereocenters. The van der Waals surface area contributed by atoms with Crippen LogP contribution in [0.5, 0.6) is 0 Å². The van der Waals surface area contributed by atoms with Crippen molar-refractivity contribution in [2.75, 3.05) is 14.2 Å². The Morgan fingerprint density at radius 2 is 1.26 bits per heavy atom. The number of aliphatic imine (C=N–C) groups is 1. The van der Waals surface area contributed by atoms with E-state index in [1.165, 1.54) is 14.2 Å². The summed E-state index contributed by atoms with van der Waals surface area (Å²) in [5.41, 5.74) is 3.42. The number of carbonyl (C=O) groups excluding carboxylic acids is 2. The molecule has 2 heterocycles. The number of fused-ring (bicyclic) bond motifs is 1. The van der Waals surface area contributed by atoms with Crippen LogP contribution in [0.25, 0.3) is 0 Å². The van der Waals surface area contributed by atoms with Gasteiger partial charge in [0, 0.05) is 15.7 Å². The summed E-state index contributed by atoms with van der Waals surface area (Å²) in [5, 5.41) is 4.35. The molecule has 0 bridgehead atoms. The van der Waals surface area contributed by atoms with Crippen LogP contribution in [-0.4, -0.2) is 37.0 Å². The predicted molar refractivity (Wildman–Crippen MR) is 130 cm³/mol. The predicted octanol–water partition coefficient (Wildman–Crippen LogP) is 4.94. The van der Waals surface area contributed by atoms with E-state index in [-0.39, 0.29) is 0 Å². The van der Waals surface area contributed by atoms with E-state index in [9.17, 15) is 9.59 Å². The van der Waals surface area contributed by atoms with Gasteiger partial charge in [-0.05, 0) is 49.2 Å². The smallest absolute Gasteiger partial charge is 0.338 e. The number of benzene rings is 2. The molecule has 1 N–H and O–H groups in total. The van der Waals surface area contributed by atoms with Crippen LogP contribution in [0.4, 0.5) is 0 Å². The van der Waals surface area contributed by atoms with Crippen LogP contribution < -0.4 is 5.32 Å². The van der Waals surface area contributed by atoms with Gasteiger partial charge in [-0.15, -0.1) is 0 Å². The lowest BCUT2D eigenvalue weighted by Gasteiger charge is -2.47. The van der Waals surface area contributed by atoms with Crippen molar-refractivity contribution in [2.45, 2.75) is 25.9 Å². The fraction of sp³-hybridized carbons (Fsp3) is 0.240. The minimum atomic E-state index is -0.627. The Labute approximate surface area is 207 Å². The van der Waals surface area contributed by atoms with Crippen molar-refractivity contribution in [3.8, 4) is 0 Å².